The molecule has 3 nitrogen and oxygen atoms in total. The topological polar surface area (TPSA) is 49.5 Å². The highest BCUT2D eigenvalue weighted by atomic mass is 16.3. The lowest BCUT2D eigenvalue weighted by atomic mass is 9.71. The Kier molecular flexibility index (Phi) is 4.15. The first kappa shape index (κ1) is 12.9. The van der Waals surface area contributed by atoms with E-state index in [0.29, 0.717) is 6.54 Å². The number of rotatable bonds is 3. The van der Waals surface area contributed by atoms with Crippen LogP contribution in [0.4, 0.5) is 0 Å². The molecule has 15 heavy (non-hydrogen) atoms. The van der Waals surface area contributed by atoms with Crippen LogP contribution in [0.3, 0.4) is 0 Å². The summed E-state index contributed by atoms with van der Waals surface area (Å²) < 4.78 is 0. The average molecular weight is 214 g/mol. The van der Waals surface area contributed by atoms with Gasteiger partial charge in [0.1, 0.15) is 0 Å². The molecule has 1 aliphatic rings. The van der Waals surface area contributed by atoms with Crippen LogP contribution in [-0.4, -0.2) is 41.8 Å². The van der Waals surface area contributed by atoms with Crippen LogP contribution >= 0.6 is 0 Å². The van der Waals surface area contributed by atoms with Gasteiger partial charge in [-0.15, -0.1) is 0 Å². The summed E-state index contributed by atoms with van der Waals surface area (Å²) in [4.78, 5) is 2.41. The molecule has 0 bridgehead atoms. The second-order valence-electron chi connectivity index (χ2n) is 5.41. The first-order chi connectivity index (χ1) is 6.95. The Bertz CT molecular complexity index is 206. The highest BCUT2D eigenvalue weighted by Crippen LogP contribution is 2.38. The van der Waals surface area contributed by atoms with Gasteiger partial charge in [-0.1, -0.05) is 20.8 Å². The Labute approximate surface area is 93.6 Å². The van der Waals surface area contributed by atoms with Crippen molar-refractivity contribution >= 4 is 0 Å². The Morgan fingerprint density at radius 1 is 1.33 bits per heavy atom. The third-order valence-electron chi connectivity index (χ3n) is 4.12. The van der Waals surface area contributed by atoms with Crippen LogP contribution in [0.2, 0.25) is 0 Å². The van der Waals surface area contributed by atoms with Crippen molar-refractivity contribution in [3.8, 4) is 0 Å². The first-order valence-electron chi connectivity index (χ1n) is 6.10. The van der Waals surface area contributed by atoms with Gasteiger partial charge in [-0.05, 0) is 32.4 Å². The highest BCUT2D eigenvalue weighted by molar-refractivity contribution is 4.96. The van der Waals surface area contributed by atoms with E-state index in [1.54, 1.807) is 0 Å². The number of aliphatic hydroxyl groups is 1. The van der Waals surface area contributed by atoms with Crippen LogP contribution < -0.4 is 5.73 Å². The monoisotopic (exact) mass is 214 g/mol. The normalized spacial score (nSPS) is 30.2. The minimum Gasteiger partial charge on any atom is -0.389 e. The maximum Gasteiger partial charge on any atom is 0.0723 e. The average Bonchev–Trinajstić information content (AvgIpc) is 2.41. The molecule has 3 heteroatoms. The first-order valence-corrected chi connectivity index (χ1v) is 6.10. The summed E-state index contributed by atoms with van der Waals surface area (Å²) in [5.41, 5.74) is 5.02. The fraction of sp³-hybridized carbons (Fsp3) is 1.00. The summed E-state index contributed by atoms with van der Waals surface area (Å²) in [7, 11) is 0. The summed E-state index contributed by atoms with van der Waals surface area (Å²) in [5.74, 6) is 0. The number of hydrogen-bond acceptors (Lipinski definition) is 3. The van der Waals surface area contributed by atoms with E-state index in [4.69, 9.17) is 5.73 Å². The molecule has 1 rings (SSSR count). The molecular weight excluding hydrogens is 188 g/mol. The molecule has 1 aliphatic heterocycles. The molecule has 0 aromatic rings. The molecule has 1 unspecified atom stereocenters. The molecule has 90 valence electrons. The number of nitrogens with zero attached hydrogens (tertiary/aromatic N) is 1. The zero-order valence-electron chi connectivity index (χ0n) is 10.4. The number of hydrogen-bond donors (Lipinski definition) is 2. The SMILES string of the molecule is CCN1CCCC(O)(C(C)(C)CN)CC1. The van der Waals surface area contributed by atoms with E-state index in [-0.39, 0.29) is 5.41 Å². The molecule has 1 saturated heterocycles. The molecule has 1 atom stereocenters. The summed E-state index contributed by atoms with van der Waals surface area (Å²) in [5, 5.41) is 10.7. The second-order valence-corrected chi connectivity index (χ2v) is 5.41. The summed E-state index contributed by atoms with van der Waals surface area (Å²) >= 11 is 0. The van der Waals surface area contributed by atoms with E-state index in [1.807, 2.05) is 0 Å². The lowest BCUT2D eigenvalue weighted by molar-refractivity contribution is -0.0729. The molecule has 1 heterocycles. The van der Waals surface area contributed by atoms with Gasteiger partial charge in [0.05, 0.1) is 5.60 Å². The van der Waals surface area contributed by atoms with Gasteiger partial charge in [0, 0.05) is 18.5 Å². The van der Waals surface area contributed by atoms with Crippen molar-refractivity contribution in [3.63, 3.8) is 0 Å². The van der Waals surface area contributed by atoms with Crippen LogP contribution in [0.5, 0.6) is 0 Å². The molecule has 0 aromatic heterocycles. The smallest absolute Gasteiger partial charge is 0.0723 e. The summed E-state index contributed by atoms with van der Waals surface area (Å²) in [6.45, 7) is 10.1. The number of nitrogens with two attached hydrogens (primary N) is 1. The Morgan fingerprint density at radius 3 is 2.53 bits per heavy atom. The van der Waals surface area contributed by atoms with Gasteiger partial charge in [-0.2, -0.15) is 0 Å². The lowest BCUT2D eigenvalue weighted by Crippen LogP contribution is -2.49. The molecule has 1 fully saturated rings. The van der Waals surface area contributed by atoms with Crippen molar-refractivity contribution in [2.45, 2.75) is 45.6 Å². The van der Waals surface area contributed by atoms with Crippen molar-refractivity contribution in [3.05, 3.63) is 0 Å². The van der Waals surface area contributed by atoms with Gasteiger partial charge < -0.3 is 15.7 Å². The third kappa shape index (κ3) is 2.71. The number of likely N-dealkylation sites (tertiary alicyclic amines) is 1. The fourth-order valence-electron chi connectivity index (χ4n) is 2.36. The Morgan fingerprint density at radius 2 is 2.00 bits per heavy atom. The predicted octanol–water partition coefficient (Wildman–Crippen LogP) is 1.21. The van der Waals surface area contributed by atoms with Gasteiger partial charge in [0.25, 0.3) is 0 Å². The van der Waals surface area contributed by atoms with Crippen LogP contribution in [-0.2, 0) is 0 Å². The molecule has 0 aliphatic carbocycles. The second kappa shape index (κ2) is 4.81. The van der Waals surface area contributed by atoms with Crippen molar-refractivity contribution in [2.24, 2.45) is 11.1 Å². The van der Waals surface area contributed by atoms with E-state index < -0.39 is 5.60 Å². The van der Waals surface area contributed by atoms with Crippen LogP contribution in [0.1, 0.15) is 40.0 Å². The zero-order valence-corrected chi connectivity index (χ0v) is 10.4. The quantitative estimate of drug-likeness (QED) is 0.742. The van der Waals surface area contributed by atoms with Crippen LogP contribution in [0, 0.1) is 5.41 Å². The van der Waals surface area contributed by atoms with E-state index >= 15 is 0 Å². The molecule has 3 N–H and O–H groups in total. The fourth-order valence-corrected chi connectivity index (χ4v) is 2.36. The van der Waals surface area contributed by atoms with Gasteiger partial charge in [0.2, 0.25) is 0 Å². The summed E-state index contributed by atoms with van der Waals surface area (Å²) in [6, 6.07) is 0. The van der Waals surface area contributed by atoms with E-state index in [0.717, 1.165) is 38.9 Å². The van der Waals surface area contributed by atoms with Crippen LogP contribution in [0.25, 0.3) is 0 Å². The maximum absolute atomic E-state index is 10.7. The van der Waals surface area contributed by atoms with Gasteiger partial charge >= 0.3 is 0 Å². The highest BCUT2D eigenvalue weighted by Gasteiger charge is 2.42. The Balaban J connectivity index is 2.69. The maximum atomic E-state index is 10.7. The van der Waals surface area contributed by atoms with Gasteiger partial charge in [-0.25, -0.2) is 0 Å². The largest absolute Gasteiger partial charge is 0.389 e. The van der Waals surface area contributed by atoms with Crippen molar-refractivity contribution in [2.75, 3.05) is 26.2 Å². The van der Waals surface area contributed by atoms with Gasteiger partial charge in [-0.3, -0.25) is 0 Å². The minimum absolute atomic E-state index is 0.170. The van der Waals surface area contributed by atoms with Crippen molar-refractivity contribution in [1.29, 1.82) is 0 Å². The van der Waals surface area contributed by atoms with Gasteiger partial charge in [0.15, 0.2) is 0 Å². The minimum atomic E-state index is -0.578. The van der Waals surface area contributed by atoms with E-state index in [2.05, 4.69) is 25.7 Å². The molecular formula is C12H26N2O. The lowest BCUT2D eigenvalue weighted by Gasteiger charge is -2.41. The molecule has 0 spiro atoms. The van der Waals surface area contributed by atoms with Crippen molar-refractivity contribution in [1.82, 2.24) is 4.90 Å². The standard InChI is InChI=1S/C12H26N2O/c1-4-14-8-5-6-12(15,7-9-14)11(2,3)10-13/h15H,4-10,13H2,1-3H3. The van der Waals surface area contributed by atoms with E-state index in [1.165, 1.54) is 0 Å². The molecule has 0 amide bonds. The summed E-state index contributed by atoms with van der Waals surface area (Å²) in [6.07, 6.45) is 2.81. The van der Waals surface area contributed by atoms with Crippen LogP contribution in [0.15, 0.2) is 0 Å². The molecule has 0 aromatic carbocycles. The third-order valence-corrected chi connectivity index (χ3v) is 4.12. The van der Waals surface area contributed by atoms with Crippen molar-refractivity contribution < 1.29 is 5.11 Å². The molecule has 0 radical (unpaired) electrons. The Hall–Kier alpha value is -0.120. The molecule has 0 saturated carbocycles. The zero-order chi connectivity index (χ0) is 11.5. The van der Waals surface area contributed by atoms with E-state index in [9.17, 15) is 5.11 Å². The predicted molar refractivity (Wildman–Crippen MR) is 63.8 cm³/mol.